The third-order valence-corrected chi connectivity index (χ3v) is 3.28. The molecule has 0 saturated heterocycles. The lowest BCUT2D eigenvalue weighted by Gasteiger charge is -2.07. The Labute approximate surface area is 129 Å². The molecule has 1 aromatic carbocycles. The molecular weight excluding hydrogens is 312 g/mol. The number of aromatic nitrogens is 1. The van der Waals surface area contributed by atoms with Crippen LogP contribution in [0.4, 0.5) is 5.69 Å². The number of esters is 1. The zero-order chi connectivity index (χ0) is 16.3. The number of hydrogen-bond acceptors (Lipinski definition) is 5. The summed E-state index contributed by atoms with van der Waals surface area (Å²) in [5.74, 6) is -0.620. The molecule has 7 nitrogen and oxygen atoms in total. The summed E-state index contributed by atoms with van der Waals surface area (Å²) in [6, 6.07) is 6.52. The molecule has 0 radical (unpaired) electrons. The predicted molar refractivity (Wildman–Crippen MR) is 78.9 cm³/mol. The molecule has 0 amide bonds. The molecule has 0 bridgehead atoms. The van der Waals surface area contributed by atoms with Crippen molar-refractivity contribution in [3.63, 3.8) is 0 Å². The van der Waals surface area contributed by atoms with Crippen LogP contribution in [-0.2, 0) is 18.4 Å². The standard InChI is InChI=1S/C14H11ClN2O5/c1-16-7-9(3-5-13(16)18)14(19)22-8-10-2-4-11(17(20)21)6-12(10)15/h2-7H,8H2,1H3. The van der Waals surface area contributed by atoms with Crippen LogP contribution < -0.4 is 5.56 Å². The van der Waals surface area contributed by atoms with Crippen LogP contribution >= 0.6 is 11.6 Å². The van der Waals surface area contributed by atoms with Crippen molar-refractivity contribution in [3.8, 4) is 0 Å². The van der Waals surface area contributed by atoms with E-state index in [0.717, 1.165) is 0 Å². The van der Waals surface area contributed by atoms with E-state index in [1.54, 1.807) is 0 Å². The molecule has 0 aliphatic rings. The average molecular weight is 323 g/mol. The molecule has 1 heterocycles. The summed E-state index contributed by atoms with van der Waals surface area (Å²) in [5, 5.41) is 10.7. The topological polar surface area (TPSA) is 91.4 Å². The number of rotatable bonds is 4. The maximum Gasteiger partial charge on any atom is 0.339 e. The number of ether oxygens (including phenoxy) is 1. The number of carbonyl (C=O) groups is 1. The van der Waals surface area contributed by atoms with Crippen LogP contribution in [0.3, 0.4) is 0 Å². The molecular formula is C14H11ClN2O5. The van der Waals surface area contributed by atoms with Crippen molar-refractivity contribution in [3.05, 3.63) is 73.1 Å². The fraction of sp³-hybridized carbons (Fsp3) is 0.143. The summed E-state index contributed by atoms with van der Waals surface area (Å²) in [5.41, 5.74) is 0.290. The molecule has 0 atom stereocenters. The summed E-state index contributed by atoms with van der Waals surface area (Å²) < 4.78 is 6.34. The zero-order valence-corrected chi connectivity index (χ0v) is 12.2. The van der Waals surface area contributed by atoms with Gasteiger partial charge in [0.25, 0.3) is 5.69 Å². The summed E-state index contributed by atoms with van der Waals surface area (Å²) in [6.45, 7) is -0.126. The number of nitrogens with zero attached hydrogens (tertiary/aromatic N) is 2. The third kappa shape index (κ3) is 3.50. The van der Waals surface area contributed by atoms with Crippen LogP contribution in [0.15, 0.2) is 41.3 Å². The van der Waals surface area contributed by atoms with Gasteiger partial charge in [-0.2, -0.15) is 0 Å². The quantitative estimate of drug-likeness (QED) is 0.489. The SMILES string of the molecule is Cn1cc(C(=O)OCc2ccc([N+](=O)[O-])cc2Cl)ccc1=O. The van der Waals surface area contributed by atoms with Crippen LogP contribution in [0.25, 0.3) is 0 Å². The smallest absolute Gasteiger partial charge is 0.339 e. The number of hydrogen-bond donors (Lipinski definition) is 0. The van der Waals surface area contributed by atoms with Gasteiger partial charge in [0.1, 0.15) is 6.61 Å². The first-order valence-electron chi connectivity index (χ1n) is 6.15. The van der Waals surface area contributed by atoms with Gasteiger partial charge in [0.2, 0.25) is 5.56 Å². The van der Waals surface area contributed by atoms with Gasteiger partial charge in [-0.1, -0.05) is 11.6 Å². The highest BCUT2D eigenvalue weighted by Crippen LogP contribution is 2.23. The second-order valence-corrected chi connectivity index (χ2v) is 4.88. The number of aryl methyl sites for hydroxylation is 1. The summed E-state index contributed by atoms with van der Waals surface area (Å²) in [7, 11) is 1.52. The number of nitro benzene ring substituents is 1. The molecule has 1 aromatic heterocycles. The molecule has 0 fully saturated rings. The fourth-order valence-corrected chi connectivity index (χ4v) is 1.94. The number of pyridine rings is 1. The van der Waals surface area contributed by atoms with E-state index >= 15 is 0 Å². The molecule has 22 heavy (non-hydrogen) atoms. The molecule has 2 rings (SSSR count). The maximum absolute atomic E-state index is 11.9. The van der Waals surface area contributed by atoms with E-state index in [0.29, 0.717) is 5.56 Å². The van der Waals surface area contributed by atoms with E-state index in [1.165, 1.54) is 48.1 Å². The van der Waals surface area contributed by atoms with E-state index in [9.17, 15) is 19.7 Å². The van der Waals surface area contributed by atoms with Crippen molar-refractivity contribution in [2.75, 3.05) is 0 Å². The lowest BCUT2D eigenvalue weighted by atomic mass is 10.2. The minimum atomic E-state index is -0.620. The maximum atomic E-state index is 11.9. The van der Waals surface area contributed by atoms with Gasteiger partial charge < -0.3 is 9.30 Å². The first kappa shape index (κ1) is 15.7. The van der Waals surface area contributed by atoms with Crippen molar-refractivity contribution in [1.82, 2.24) is 4.57 Å². The van der Waals surface area contributed by atoms with Crippen molar-refractivity contribution >= 4 is 23.3 Å². The van der Waals surface area contributed by atoms with Gasteiger partial charge in [0.15, 0.2) is 0 Å². The second-order valence-electron chi connectivity index (χ2n) is 4.48. The molecule has 0 N–H and O–H groups in total. The average Bonchev–Trinajstić information content (AvgIpc) is 2.48. The van der Waals surface area contributed by atoms with Gasteiger partial charge in [0.05, 0.1) is 15.5 Å². The highest BCUT2D eigenvalue weighted by Gasteiger charge is 2.12. The largest absolute Gasteiger partial charge is 0.457 e. The molecule has 8 heteroatoms. The first-order chi connectivity index (χ1) is 10.4. The van der Waals surface area contributed by atoms with Gasteiger partial charge in [-0.25, -0.2) is 4.79 Å². The van der Waals surface area contributed by atoms with E-state index < -0.39 is 10.9 Å². The van der Waals surface area contributed by atoms with Crippen LogP contribution in [-0.4, -0.2) is 15.5 Å². The van der Waals surface area contributed by atoms with Gasteiger partial charge in [0, 0.05) is 37.0 Å². The Morgan fingerprint density at radius 1 is 1.36 bits per heavy atom. The molecule has 0 saturated carbocycles. The highest BCUT2D eigenvalue weighted by atomic mass is 35.5. The van der Waals surface area contributed by atoms with E-state index in [-0.39, 0.29) is 28.4 Å². The van der Waals surface area contributed by atoms with Crippen LogP contribution in [0.1, 0.15) is 15.9 Å². The molecule has 0 aliphatic carbocycles. The summed E-state index contributed by atoms with van der Waals surface area (Å²) >= 11 is 5.91. The lowest BCUT2D eigenvalue weighted by molar-refractivity contribution is -0.384. The summed E-state index contributed by atoms with van der Waals surface area (Å²) in [6.07, 6.45) is 1.36. The molecule has 0 unspecified atom stereocenters. The Kier molecular flexibility index (Phi) is 4.57. The first-order valence-corrected chi connectivity index (χ1v) is 6.53. The lowest BCUT2D eigenvalue weighted by Crippen LogP contribution is -2.17. The summed E-state index contributed by atoms with van der Waals surface area (Å²) in [4.78, 5) is 33.2. The van der Waals surface area contributed by atoms with E-state index in [4.69, 9.17) is 16.3 Å². The Morgan fingerprint density at radius 3 is 2.68 bits per heavy atom. The number of halogens is 1. The molecule has 0 aliphatic heterocycles. The van der Waals surface area contributed by atoms with Crippen molar-refractivity contribution < 1.29 is 14.5 Å². The van der Waals surface area contributed by atoms with Crippen LogP contribution in [0.5, 0.6) is 0 Å². The number of non-ortho nitro benzene ring substituents is 1. The second kappa shape index (κ2) is 6.40. The minimum absolute atomic E-state index is 0.126. The number of carbonyl (C=O) groups excluding carboxylic acids is 1. The van der Waals surface area contributed by atoms with Crippen LogP contribution in [0, 0.1) is 10.1 Å². The Morgan fingerprint density at radius 2 is 2.09 bits per heavy atom. The van der Waals surface area contributed by atoms with Gasteiger partial charge in [-0.15, -0.1) is 0 Å². The third-order valence-electron chi connectivity index (χ3n) is 2.93. The Balaban J connectivity index is 2.09. The van der Waals surface area contributed by atoms with Crippen molar-refractivity contribution in [2.24, 2.45) is 7.05 Å². The Hall–Kier alpha value is -2.67. The Bertz CT molecular complexity index is 800. The van der Waals surface area contributed by atoms with Gasteiger partial charge in [-0.3, -0.25) is 14.9 Å². The number of benzene rings is 1. The highest BCUT2D eigenvalue weighted by molar-refractivity contribution is 6.31. The van der Waals surface area contributed by atoms with Crippen LogP contribution in [0.2, 0.25) is 5.02 Å². The minimum Gasteiger partial charge on any atom is -0.457 e. The van der Waals surface area contributed by atoms with E-state index in [2.05, 4.69) is 0 Å². The van der Waals surface area contributed by atoms with Gasteiger partial charge in [-0.05, 0) is 12.1 Å². The molecule has 2 aromatic rings. The van der Waals surface area contributed by atoms with Crippen molar-refractivity contribution in [1.29, 1.82) is 0 Å². The molecule has 0 spiro atoms. The molecule has 114 valence electrons. The monoisotopic (exact) mass is 322 g/mol. The van der Waals surface area contributed by atoms with Gasteiger partial charge >= 0.3 is 5.97 Å². The van der Waals surface area contributed by atoms with Crippen molar-refractivity contribution in [2.45, 2.75) is 6.61 Å². The zero-order valence-electron chi connectivity index (χ0n) is 11.5. The fourth-order valence-electron chi connectivity index (χ4n) is 1.71. The normalized spacial score (nSPS) is 10.3. The number of nitro groups is 1. The predicted octanol–water partition coefficient (Wildman–Crippen LogP) is 2.30. The van der Waals surface area contributed by atoms with E-state index in [1.807, 2.05) is 0 Å².